The average molecular weight is 372 g/mol. The van der Waals surface area contributed by atoms with Gasteiger partial charge in [0.2, 0.25) is 11.8 Å². The number of halogens is 1. The maximum Gasteiger partial charge on any atom is 0.242 e. The van der Waals surface area contributed by atoms with E-state index in [1.807, 2.05) is 12.1 Å². The van der Waals surface area contributed by atoms with Gasteiger partial charge in [-0.3, -0.25) is 9.59 Å². The third-order valence-electron chi connectivity index (χ3n) is 6.63. The lowest BCUT2D eigenvalue weighted by Gasteiger charge is -2.38. The second-order valence-electron chi connectivity index (χ2n) is 8.53. The monoisotopic (exact) mass is 372 g/mol. The number of hydrogen-bond acceptors (Lipinski definition) is 2. The van der Waals surface area contributed by atoms with Crippen molar-refractivity contribution in [2.24, 2.45) is 5.92 Å². The number of benzene rings is 1. The van der Waals surface area contributed by atoms with Gasteiger partial charge in [-0.25, -0.2) is 4.39 Å². The standard InChI is InChI=1S/C22H29FN2O2/c23-18-10-8-17(9-11-18)22(12-2-1-3-13-22)15-24-20(26)19-5-4-14-25(19)21(27)16-6-7-16/h8-11,16,19H,1-7,12-15H2,(H,24,26). The minimum atomic E-state index is -0.313. The molecular formula is C22H29FN2O2. The van der Waals surface area contributed by atoms with Gasteiger partial charge in [0.25, 0.3) is 0 Å². The smallest absolute Gasteiger partial charge is 0.242 e. The maximum absolute atomic E-state index is 13.4. The van der Waals surface area contributed by atoms with Gasteiger partial charge in [-0.15, -0.1) is 0 Å². The molecular weight excluding hydrogens is 343 g/mol. The Morgan fingerprint density at radius 3 is 2.41 bits per heavy atom. The molecule has 1 atom stereocenters. The average Bonchev–Trinajstić information content (AvgIpc) is 3.43. The number of carbonyl (C=O) groups is 2. The maximum atomic E-state index is 13.4. The molecule has 146 valence electrons. The van der Waals surface area contributed by atoms with Crippen molar-refractivity contribution in [3.8, 4) is 0 Å². The summed E-state index contributed by atoms with van der Waals surface area (Å²) in [4.78, 5) is 27.2. The van der Waals surface area contributed by atoms with E-state index in [0.717, 1.165) is 56.9 Å². The van der Waals surface area contributed by atoms with Crippen molar-refractivity contribution in [2.75, 3.05) is 13.1 Å². The number of nitrogens with one attached hydrogen (secondary N) is 1. The van der Waals surface area contributed by atoms with Crippen molar-refractivity contribution >= 4 is 11.8 Å². The summed E-state index contributed by atoms with van der Waals surface area (Å²) in [6.45, 7) is 1.27. The summed E-state index contributed by atoms with van der Waals surface area (Å²) in [5, 5.41) is 3.17. The van der Waals surface area contributed by atoms with Crippen LogP contribution in [0.3, 0.4) is 0 Å². The van der Waals surface area contributed by atoms with Crippen LogP contribution in [0.2, 0.25) is 0 Å². The Morgan fingerprint density at radius 2 is 1.74 bits per heavy atom. The summed E-state index contributed by atoms with van der Waals surface area (Å²) in [6, 6.07) is 6.45. The van der Waals surface area contributed by atoms with Crippen molar-refractivity contribution in [1.29, 1.82) is 0 Å². The first-order chi connectivity index (χ1) is 13.1. The lowest BCUT2D eigenvalue weighted by atomic mass is 9.69. The SMILES string of the molecule is O=C(NCC1(c2ccc(F)cc2)CCCCC1)C1CCCN1C(=O)C1CC1. The summed E-state index contributed by atoms with van der Waals surface area (Å²) in [7, 11) is 0. The molecule has 1 N–H and O–H groups in total. The molecule has 1 aliphatic heterocycles. The Labute approximate surface area is 160 Å². The molecule has 4 rings (SSSR count). The molecule has 0 bridgehead atoms. The molecule has 0 radical (unpaired) electrons. The van der Waals surface area contributed by atoms with Gasteiger partial charge < -0.3 is 10.2 Å². The Balaban J connectivity index is 1.45. The summed E-state index contributed by atoms with van der Waals surface area (Å²) >= 11 is 0. The largest absolute Gasteiger partial charge is 0.353 e. The number of likely N-dealkylation sites (tertiary alicyclic amines) is 1. The highest BCUT2D eigenvalue weighted by Gasteiger charge is 2.41. The molecule has 3 aliphatic rings. The van der Waals surface area contributed by atoms with Gasteiger partial charge >= 0.3 is 0 Å². The van der Waals surface area contributed by atoms with Crippen LogP contribution in [0.15, 0.2) is 24.3 Å². The molecule has 4 nitrogen and oxygen atoms in total. The molecule has 5 heteroatoms. The van der Waals surface area contributed by atoms with Gasteiger partial charge in [-0.2, -0.15) is 0 Å². The molecule has 1 aromatic rings. The summed E-state index contributed by atoms with van der Waals surface area (Å²) in [5.74, 6) is 0.0726. The van der Waals surface area contributed by atoms with E-state index in [-0.39, 0.29) is 35.0 Å². The third-order valence-corrected chi connectivity index (χ3v) is 6.63. The van der Waals surface area contributed by atoms with Gasteiger partial charge in [0.1, 0.15) is 11.9 Å². The van der Waals surface area contributed by atoms with Crippen LogP contribution < -0.4 is 5.32 Å². The van der Waals surface area contributed by atoms with Crippen LogP contribution in [-0.2, 0) is 15.0 Å². The first-order valence-corrected chi connectivity index (χ1v) is 10.4. The number of carbonyl (C=O) groups excluding carboxylic acids is 2. The zero-order chi connectivity index (χ0) is 18.9. The van der Waals surface area contributed by atoms with Crippen LogP contribution >= 0.6 is 0 Å². The zero-order valence-corrected chi connectivity index (χ0v) is 15.9. The fourth-order valence-corrected chi connectivity index (χ4v) is 4.84. The van der Waals surface area contributed by atoms with Crippen molar-refractivity contribution in [3.63, 3.8) is 0 Å². The lowest BCUT2D eigenvalue weighted by molar-refractivity contribution is -0.139. The molecule has 1 aromatic carbocycles. The predicted molar refractivity (Wildman–Crippen MR) is 102 cm³/mol. The van der Waals surface area contributed by atoms with E-state index >= 15 is 0 Å². The molecule has 2 aliphatic carbocycles. The second-order valence-corrected chi connectivity index (χ2v) is 8.53. The molecule has 2 saturated carbocycles. The van der Waals surface area contributed by atoms with E-state index < -0.39 is 0 Å². The van der Waals surface area contributed by atoms with E-state index in [1.165, 1.54) is 18.6 Å². The summed E-state index contributed by atoms with van der Waals surface area (Å²) in [6.07, 6.45) is 9.08. The quantitative estimate of drug-likeness (QED) is 0.859. The predicted octanol–water partition coefficient (Wildman–Crippen LogP) is 3.54. The fraction of sp³-hybridized carbons (Fsp3) is 0.636. The molecule has 27 heavy (non-hydrogen) atoms. The third kappa shape index (κ3) is 3.87. The lowest BCUT2D eigenvalue weighted by Crippen LogP contribution is -2.50. The van der Waals surface area contributed by atoms with Gasteiger partial charge in [0.15, 0.2) is 0 Å². The molecule has 3 fully saturated rings. The first-order valence-electron chi connectivity index (χ1n) is 10.4. The van der Waals surface area contributed by atoms with E-state index in [9.17, 15) is 14.0 Å². The molecule has 2 amide bonds. The summed E-state index contributed by atoms with van der Waals surface area (Å²) in [5.41, 5.74) is 0.993. The van der Waals surface area contributed by atoms with Gasteiger partial charge in [0, 0.05) is 24.4 Å². The second kappa shape index (κ2) is 7.61. The van der Waals surface area contributed by atoms with Gasteiger partial charge in [-0.1, -0.05) is 31.4 Å². The molecule has 1 heterocycles. The van der Waals surface area contributed by atoms with Crippen molar-refractivity contribution in [1.82, 2.24) is 10.2 Å². The number of hydrogen-bond donors (Lipinski definition) is 1. The Morgan fingerprint density at radius 1 is 1.04 bits per heavy atom. The van der Waals surface area contributed by atoms with Gasteiger partial charge in [0.05, 0.1) is 0 Å². The van der Waals surface area contributed by atoms with Crippen LogP contribution in [0.25, 0.3) is 0 Å². The van der Waals surface area contributed by atoms with Crippen LogP contribution in [0, 0.1) is 11.7 Å². The minimum absolute atomic E-state index is 0.0199. The van der Waals surface area contributed by atoms with E-state index in [2.05, 4.69) is 5.32 Å². The molecule has 0 aromatic heterocycles. The zero-order valence-electron chi connectivity index (χ0n) is 15.9. The Kier molecular flexibility index (Phi) is 5.20. The van der Waals surface area contributed by atoms with E-state index in [4.69, 9.17) is 0 Å². The number of rotatable bonds is 5. The first kappa shape index (κ1) is 18.5. The van der Waals surface area contributed by atoms with E-state index in [0.29, 0.717) is 13.1 Å². The molecule has 0 spiro atoms. The Hall–Kier alpha value is -1.91. The highest BCUT2D eigenvalue weighted by atomic mass is 19.1. The van der Waals surface area contributed by atoms with Crippen molar-refractivity contribution in [2.45, 2.75) is 69.2 Å². The van der Waals surface area contributed by atoms with E-state index in [1.54, 1.807) is 4.90 Å². The highest BCUT2D eigenvalue weighted by molar-refractivity contribution is 5.90. The number of amides is 2. The molecule has 1 unspecified atom stereocenters. The van der Waals surface area contributed by atoms with Crippen LogP contribution in [0.5, 0.6) is 0 Å². The van der Waals surface area contributed by atoms with Crippen LogP contribution in [0.4, 0.5) is 4.39 Å². The summed E-state index contributed by atoms with van der Waals surface area (Å²) < 4.78 is 13.4. The number of nitrogens with zero attached hydrogens (tertiary/aromatic N) is 1. The van der Waals surface area contributed by atoms with Crippen molar-refractivity contribution in [3.05, 3.63) is 35.6 Å². The topological polar surface area (TPSA) is 49.4 Å². The normalized spacial score (nSPS) is 24.6. The highest BCUT2D eigenvalue weighted by Crippen LogP contribution is 2.39. The molecule has 1 saturated heterocycles. The minimum Gasteiger partial charge on any atom is -0.353 e. The van der Waals surface area contributed by atoms with Crippen LogP contribution in [-0.4, -0.2) is 35.8 Å². The Bertz CT molecular complexity index is 693. The van der Waals surface area contributed by atoms with Crippen LogP contribution in [0.1, 0.15) is 63.4 Å². The van der Waals surface area contributed by atoms with Crippen molar-refractivity contribution < 1.29 is 14.0 Å². The van der Waals surface area contributed by atoms with Gasteiger partial charge in [-0.05, 0) is 56.2 Å². The fourth-order valence-electron chi connectivity index (χ4n) is 4.84.